The van der Waals surface area contributed by atoms with Gasteiger partial charge in [0.2, 0.25) is 11.8 Å². The number of rotatable bonds is 11. The summed E-state index contributed by atoms with van der Waals surface area (Å²) >= 11 is 0. The smallest absolute Gasteiger partial charge is 0.314 e. The van der Waals surface area contributed by atoms with Gasteiger partial charge in [-0.25, -0.2) is 0 Å². The molecular formula is C33H42N4O4. The van der Waals surface area contributed by atoms with E-state index in [9.17, 15) is 14.4 Å². The molecule has 0 radical (unpaired) electrons. The van der Waals surface area contributed by atoms with E-state index in [1.165, 1.54) is 6.08 Å². The standard InChI is InChI=1S/C33H42N4O4/c1-4-41-31(40)33(21-24-12-6-5-7-13-24)18-11-19-37(23-33)30(39)28(36-29(38)16-10-17-32(2,3)34)20-25-22-35-27-15-9-8-14-26(25)27/h5-10,12-16,22,28,35H,4,11,17-21,23,34H2,1-3H3,(H,36,38)/b16-10+. The van der Waals surface area contributed by atoms with Crippen LogP contribution in [-0.4, -0.2) is 58.9 Å². The summed E-state index contributed by atoms with van der Waals surface area (Å²) in [5, 5.41) is 3.95. The lowest BCUT2D eigenvalue weighted by atomic mass is 9.75. The number of fused-ring (bicyclic) bond motifs is 1. The number of H-pyrrole nitrogens is 1. The molecule has 0 aliphatic carbocycles. The van der Waals surface area contributed by atoms with Gasteiger partial charge in [-0.15, -0.1) is 0 Å². The maximum atomic E-state index is 14.2. The van der Waals surface area contributed by atoms with Gasteiger partial charge in [-0.05, 0) is 69.7 Å². The van der Waals surface area contributed by atoms with Crippen LogP contribution in [0.15, 0.2) is 72.9 Å². The van der Waals surface area contributed by atoms with Gasteiger partial charge in [0, 0.05) is 42.1 Å². The average Bonchev–Trinajstić information content (AvgIpc) is 3.35. The van der Waals surface area contributed by atoms with E-state index in [0.717, 1.165) is 22.0 Å². The minimum absolute atomic E-state index is 0.211. The number of hydrogen-bond acceptors (Lipinski definition) is 5. The van der Waals surface area contributed by atoms with Crippen LogP contribution in [0, 0.1) is 5.41 Å². The van der Waals surface area contributed by atoms with Gasteiger partial charge >= 0.3 is 5.97 Å². The molecule has 2 atom stereocenters. The van der Waals surface area contributed by atoms with Crippen molar-refractivity contribution in [3.63, 3.8) is 0 Å². The Balaban J connectivity index is 1.60. The molecule has 0 spiro atoms. The SMILES string of the molecule is CCOC(=O)C1(Cc2ccccc2)CCCN(C(=O)C(Cc2c[nH]c3ccccc23)NC(=O)/C=C/CC(C)(C)N)C1. The fraction of sp³-hybridized carbons (Fsp3) is 0.424. The second-order valence-corrected chi connectivity index (χ2v) is 11.7. The summed E-state index contributed by atoms with van der Waals surface area (Å²) in [5.74, 6) is -0.853. The molecule has 1 aliphatic rings. The molecule has 0 bridgehead atoms. The maximum Gasteiger partial charge on any atom is 0.314 e. The van der Waals surface area contributed by atoms with Crippen molar-refractivity contribution in [2.45, 2.75) is 64.5 Å². The number of nitrogens with zero attached hydrogens (tertiary/aromatic N) is 1. The first-order chi connectivity index (χ1) is 19.6. The van der Waals surface area contributed by atoms with Crippen LogP contribution in [0.2, 0.25) is 0 Å². The number of nitrogens with two attached hydrogens (primary N) is 1. The molecule has 4 N–H and O–H groups in total. The predicted molar refractivity (Wildman–Crippen MR) is 161 cm³/mol. The Morgan fingerprint density at radius 1 is 1.15 bits per heavy atom. The third-order valence-corrected chi connectivity index (χ3v) is 7.61. The Bertz CT molecular complexity index is 1370. The molecule has 1 aliphatic heterocycles. The zero-order chi connectivity index (χ0) is 29.5. The number of amides is 2. The van der Waals surface area contributed by atoms with E-state index in [0.29, 0.717) is 38.6 Å². The molecule has 2 heterocycles. The first-order valence-corrected chi connectivity index (χ1v) is 14.4. The molecule has 2 aromatic carbocycles. The average molecular weight is 559 g/mol. The molecule has 2 amide bonds. The van der Waals surface area contributed by atoms with Crippen molar-refractivity contribution in [1.82, 2.24) is 15.2 Å². The van der Waals surface area contributed by atoms with Gasteiger partial charge in [0.15, 0.2) is 0 Å². The van der Waals surface area contributed by atoms with Crippen molar-refractivity contribution < 1.29 is 19.1 Å². The quantitative estimate of drug-likeness (QED) is 0.240. The number of para-hydroxylation sites is 1. The third kappa shape index (κ3) is 7.85. The normalized spacial score (nSPS) is 18.4. The molecule has 2 unspecified atom stereocenters. The molecule has 1 aromatic heterocycles. The Kier molecular flexibility index (Phi) is 9.65. The summed E-state index contributed by atoms with van der Waals surface area (Å²) in [7, 11) is 0. The maximum absolute atomic E-state index is 14.2. The third-order valence-electron chi connectivity index (χ3n) is 7.61. The second kappa shape index (κ2) is 13.2. The van der Waals surface area contributed by atoms with Crippen molar-refractivity contribution >= 4 is 28.7 Å². The highest BCUT2D eigenvalue weighted by Gasteiger charge is 2.45. The highest BCUT2D eigenvalue weighted by molar-refractivity contribution is 5.94. The zero-order valence-corrected chi connectivity index (χ0v) is 24.3. The van der Waals surface area contributed by atoms with E-state index >= 15 is 0 Å². The summed E-state index contributed by atoms with van der Waals surface area (Å²) in [6.45, 7) is 6.59. The number of benzene rings is 2. The number of aromatic nitrogens is 1. The van der Waals surface area contributed by atoms with Crippen molar-refractivity contribution in [1.29, 1.82) is 0 Å². The monoisotopic (exact) mass is 558 g/mol. The summed E-state index contributed by atoms with van der Waals surface area (Å²) in [5.41, 5.74) is 7.67. The summed E-state index contributed by atoms with van der Waals surface area (Å²) in [6, 6.07) is 16.9. The molecule has 1 saturated heterocycles. The Morgan fingerprint density at radius 2 is 1.88 bits per heavy atom. The van der Waals surface area contributed by atoms with Gasteiger partial charge in [-0.1, -0.05) is 54.6 Å². The number of ether oxygens (including phenoxy) is 1. The summed E-state index contributed by atoms with van der Waals surface area (Å²) in [4.78, 5) is 45.5. The number of carbonyl (C=O) groups excluding carboxylic acids is 3. The first kappa shape index (κ1) is 30.1. The first-order valence-electron chi connectivity index (χ1n) is 14.4. The van der Waals surface area contributed by atoms with Crippen molar-refractivity contribution in [2.24, 2.45) is 11.1 Å². The lowest BCUT2D eigenvalue weighted by Gasteiger charge is -2.42. The largest absolute Gasteiger partial charge is 0.466 e. The van der Waals surface area contributed by atoms with Crippen LogP contribution < -0.4 is 11.1 Å². The van der Waals surface area contributed by atoms with Crippen molar-refractivity contribution in [3.8, 4) is 0 Å². The summed E-state index contributed by atoms with van der Waals surface area (Å²) in [6.07, 6.45) is 7.67. The highest BCUT2D eigenvalue weighted by atomic mass is 16.5. The number of likely N-dealkylation sites (tertiary alicyclic amines) is 1. The van der Waals surface area contributed by atoms with E-state index in [-0.39, 0.29) is 30.9 Å². The minimum Gasteiger partial charge on any atom is -0.466 e. The minimum atomic E-state index is -0.854. The summed E-state index contributed by atoms with van der Waals surface area (Å²) < 4.78 is 5.55. The highest BCUT2D eigenvalue weighted by Crippen LogP contribution is 2.36. The lowest BCUT2D eigenvalue weighted by Crippen LogP contribution is -2.56. The molecule has 41 heavy (non-hydrogen) atoms. The molecule has 1 fully saturated rings. The van der Waals surface area contributed by atoms with Crippen LogP contribution in [0.25, 0.3) is 10.9 Å². The Hall–Kier alpha value is -3.91. The van der Waals surface area contributed by atoms with Crippen LogP contribution in [-0.2, 0) is 32.0 Å². The Morgan fingerprint density at radius 3 is 2.61 bits per heavy atom. The van der Waals surface area contributed by atoms with Gasteiger partial charge in [-0.2, -0.15) is 0 Å². The number of aromatic amines is 1. The van der Waals surface area contributed by atoms with E-state index in [1.54, 1.807) is 17.9 Å². The molecule has 0 saturated carbocycles. The number of carbonyl (C=O) groups is 3. The van der Waals surface area contributed by atoms with Crippen LogP contribution in [0.4, 0.5) is 0 Å². The number of nitrogens with one attached hydrogen (secondary N) is 2. The lowest BCUT2D eigenvalue weighted by molar-refractivity contribution is -0.161. The van der Waals surface area contributed by atoms with E-state index in [1.807, 2.05) is 74.6 Å². The molecule has 3 aromatic rings. The van der Waals surface area contributed by atoms with Gasteiger partial charge in [0.05, 0.1) is 12.0 Å². The fourth-order valence-corrected chi connectivity index (χ4v) is 5.60. The van der Waals surface area contributed by atoms with Gasteiger partial charge < -0.3 is 25.7 Å². The van der Waals surface area contributed by atoms with Crippen molar-refractivity contribution in [2.75, 3.05) is 19.7 Å². The van der Waals surface area contributed by atoms with E-state index in [4.69, 9.17) is 10.5 Å². The van der Waals surface area contributed by atoms with Crippen LogP contribution in [0.1, 0.15) is 51.2 Å². The molecule has 218 valence electrons. The predicted octanol–water partition coefficient (Wildman–Crippen LogP) is 4.29. The zero-order valence-electron chi connectivity index (χ0n) is 24.3. The molecule has 4 rings (SSSR count). The molecule has 8 heteroatoms. The fourth-order valence-electron chi connectivity index (χ4n) is 5.60. The number of piperidine rings is 1. The molecule has 8 nitrogen and oxygen atoms in total. The number of esters is 1. The van der Waals surface area contributed by atoms with E-state index in [2.05, 4.69) is 10.3 Å². The van der Waals surface area contributed by atoms with Gasteiger partial charge in [0.1, 0.15) is 6.04 Å². The van der Waals surface area contributed by atoms with Gasteiger partial charge in [0.25, 0.3) is 0 Å². The van der Waals surface area contributed by atoms with Crippen LogP contribution >= 0.6 is 0 Å². The Labute approximate surface area is 242 Å². The van der Waals surface area contributed by atoms with Gasteiger partial charge in [-0.3, -0.25) is 14.4 Å². The van der Waals surface area contributed by atoms with E-state index < -0.39 is 17.0 Å². The molecular weight excluding hydrogens is 516 g/mol. The second-order valence-electron chi connectivity index (χ2n) is 11.7. The number of hydrogen-bond donors (Lipinski definition) is 3. The van der Waals surface area contributed by atoms with Crippen LogP contribution in [0.3, 0.4) is 0 Å². The topological polar surface area (TPSA) is 118 Å². The van der Waals surface area contributed by atoms with Crippen LogP contribution in [0.5, 0.6) is 0 Å². The van der Waals surface area contributed by atoms with Crippen molar-refractivity contribution in [3.05, 3.63) is 84.1 Å².